The third kappa shape index (κ3) is 4.28. The van der Waals surface area contributed by atoms with Gasteiger partial charge in [0.25, 0.3) is 0 Å². The third-order valence-corrected chi connectivity index (χ3v) is 4.59. The van der Waals surface area contributed by atoms with Crippen LogP contribution in [0.4, 0.5) is 0 Å². The molecule has 0 aromatic carbocycles. The number of nitrogens with one attached hydrogen (secondary N) is 1. The van der Waals surface area contributed by atoms with E-state index in [1.165, 1.54) is 0 Å². The van der Waals surface area contributed by atoms with Crippen molar-refractivity contribution >= 4 is 21.8 Å². The number of halogens is 1. The summed E-state index contributed by atoms with van der Waals surface area (Å²) in [5.74, 6) is 0.198. The summed E-state index contributed by atoms with van der Waals surface area (Å²) in [6, 6.07) is 0. The first kappa shape index (κ1) is 16.5. The predicted molar refractivity (Wildman–Crippen MR) is 84.0 cm³/mol. The van der Waals surface area contributed by atoms with Gasteiger partial charge >= 0.3 is 0 Å². The Hall–Kier alpha value is -0.920. The summed E-state index contributed by atoms with van der Waals surface area (Å²) < 4.78 is 8.21. The average molecular weight is 359 g/mol. The monoisotopic (exact) mass is 358 g/mol. The van der Waals surface area contributed by atoms with Crippen LogP contribution in [0.5, 0.6) is 0 Å². The SMILES string of the molecule is CCc1nn(C)c(CNCCC(=O)N2CCOCC2)c1Br. The first-order valence-electron chi connectivity index (χ1n) is 7.40. The number of morpholine rings is 1. The fraction of sp³-hybridized carbons (Fsp3) is 0.714. The second kappa shape index (κ2) is 7.91. The Labute approximate surface area is 133 Å². The fourth-order valence-electron chi connectivity index (χ4n) is 2.38. The molecule has 0 atom stereocenters. The van der Waals surface area contributed by atoms with Crippen molar-refractivity contribution in [1.82, 2.24) is 20.0 Å². The predicted octanol–water partition coefficient (Wildman–Crippen LogP) is 1.08. The van der Waals surface area contributed by atoms with E-state index in [2.05, 4.69) is 33.3 Å². The summed E-state index contributed by atoms with van der Waals surface area (Å²) in [4.78, 5) is 13.9. The summed E-state index contributed by atoms with van der Waals surface area (Å²) in [5, 5.41) is 7.78. The quantitative estimate of drug-likeness (QED) is 0.773. The van der Waals surface area contributed by atoms with Gasteiger partial charge in [0.1, 0.15) is 0 Å². The Morgan fingerprint density at radius 2 is 2.14 bits per heavy atom. The molecule has 0 bridgehead atoms. The number of carbonyl (C=O) groups excluding carboxylic acids is 1. The second-order valence-electron chi connectivity index (χ2n) is 5.10. The van der Waals surface area contributed by atoms with Gasteiger partial charge in [0.15, 0.2) is 0 Å². The van der Waals surface area contributed by atoms with Gasteiger partial charge in [-0.05, 0) is 22.4 Å². The van der Waals surface area contributed by atoms with E-state index in [4.69, 9.17) is 4.74 Å². The molecule has 1 aromatic heterocycles. The van der Waals surface area contributed by atoms with Gasteiger partial charge in [-0.3, -0.25) is 9.48 Å². The minimum Gasteiger partial charge on any atom is -0.378 e. The molecule has 1 aromatic rings. The molecule has 2 heterocycles. The second-order valence-corrected chi connectivity index (χ2v) is 5.90. The number of ether oxygens (including phenoxy) is 1. The maximum atomic E-state index is 12.0. The Morgan fingerprint density at radius 3 is 2.76 bits per heavy atom. The first-order chi connectivity index (χ1) is 10.1. The van der Waals surface area contributed by atoms with Crippen molar-refractivity contribution in [3.63, 3.8) is 0 Å². The number of carbonyl (C=O) groups is 1. The lowest BCUT2D eigenvalue weighted by molar-refractivity contribution is -0.135. The molecule has 0 saturated carbocycles. The number of rotatable bonds is 6. The highest BCUT2D eigenvalue weighted by molar-refractivity contribution is 9.10. The van der Waals surface area contributed by atoms with E-state index in [0.29, 0.717) is 45.8 Å². The van der Waals surface area contributed by atoms with Crippen LogP contribution in [0.2, 0.25) is 0 Å². The first-order valence-corrected chi connectivity index (χ1v) is 8.19. The number of aryl methyl sites for hydroxylation is 2. The van der Waals surface area contributed by atoms with Gasteiger partial charge in [0, 0.05) is 39.6 Å². The highest BCUT2D eigenvalue weighted by Gasteiger charge is 2.16. The van der Waals surface area contributed by atoms with Crippen LogP contribution in [-0.2, 0) is 29.5 Å². The maximum Gasteiger partial charge on any atom is 0.224 e. The van der Waals surface area contributed by atoms with Crippen molar-refractivity contribution in [3.8, 4) is 0 Å². The average Bonchev–Trinajstić information content (AvgIpc) is 2.79. The summed E-state index contributed by atoms with van der Waals surface area (Å²) in [6.45, 7) is 6.21. The van der Waals surface area contributed by atoms with Crippen LogP contribution >= 0.6 is 15.9 Å². The van der Waals surface area contributed by atoms with Crippen LogP contribution in [0, 0.1) is 0 Å². The number of amides is 1. The molecular weight excluding hydrogens is 336 g/mol. The lowest BCUT2D eigenvalue weighted by Crippen LogP contribution is -2.41. The smallest absolute Gasteiger partial charge is 0.224 e. The molecule has 0 aliphatic carbocycles. The molecule has 0 unspecified atom stereocenters. The van der Waals surface area contributed by atoms with E-state index in [-0.39, 0.29) is 5.91 Å². The van der Waals surface area contributed by atoms with Crippen LogP contribution in [-0.4, -0.2) is 53.4 Å². The molecule has 21 heavy (non-hydrogen) atoms. The Balaban J connectivity index is 1.74. The minimum atomic E-state index is 0.198. The molecule has 1 aliphatic rings. The normalized spacial score (nSPS) is 15.5. The Bertz CT molecular complexity index is 484. The van der Waals surface area contributed by atoms with Crippen molar-refractivity contribution in [2.24, 2.45) is 7.05 Å². The molecular formula is C14H23BrN4O2. The topological polar surface area (TPSA) is 59.4 Å². The summed E-state index contributed by atoms with van der Waals surface area (Å²) >= 11 is 3.59. The highest BCUT2D eigenvalue weighted by atomic mass is 79.9. The molecule has 0 radical (unpaired) electrons. The van der Waals surface area contributed by atoms with Crippen LogP contribution < -0.4 is 5.32 Å². The summed E-state index contributed by atoms with van der Waals surface area (Å²) in [6.07, 6.45) is 1.43. The zero-order chi connectivity index (χ0) is 15.2. The third-order valence-electron chi connectivity index (χ3n) is 3.67. The van der Waals surface area contributed by atoms with Crippen LogP contribution in [0.15, 0.2) is 4.47 Å². The van der Waals surface area contributed by atoms with Gasteiger partial charge in [-0.25, -0.2) is 0 Å². The molecule has 1 aliphatic heterocycles. The molecule has 118 valence electrons. The van der Waals surface area contributed by atoms with Gasteiger partial charge < -0.3 is 15.0 Å². The number of hydrogen-bond donors (Lipinski definition) is 1. The molecule has 0 spiro atoms. The zero-order valence-corrected chi connectivity index (χ0v) is 14.3. The fourth-order valence-corrected chi connectivity index (χ4v) is 3.14. The van der Waals surface area contributed by atoms with E-state index in [0.717, 1.165) is 22.3 Å². The van der Waals surface area contributed by atoms with E-state index in [1.807, 2.05) is 16.6 Å². The lowest BCUT2D eigenvalue weighted by Gasteiger charge is -2.26. The number of nitrogens with zero attached hydrogens (tertiary/aromatic N) is 3. The Kier molecular flexibility index (Phi) is 6.20. The van der Waals surface area contributed by atoms with Crippen LogP contribution in [0.1, 0.15) is 24.7 Å². The van der Waals surface area contributed by atoms with E-state index in [1.54, 1.807) is 0 Å². The molecule has 1 fully saturated rings. The van der Waals surface area contributed by atoms with Gasteiger partial charge in [-0.2, -0.15) is 5.10 Å². The van der Waals surface area contributed by atoms with Crippen molar-refractivity contribution < 1.29 is 9.53 Å². The lowest BCUT2D eigenvalue weighted by atomic mass is 10.3. The van der Waals surface area contributed by atoms with E-state index < -0.39 is 0 Å². The van der Waals surface area contributed by atoms with Gasteiger partial charge in [0.05, 0.1) is 29.1 Å². The van der Waals surface area contributed by atoms with Crippen LogP contribution in [0.25, 0.3) is 0 Å². The largest absolute Gasteiger partial charge is 0.378 e. The Morgan fingerprint density at radius 1 is 1.43 bits per heavy atom. The van der Waals surface area contributed by atoms with Gasteiger partial charge in [0.2, 0.25) is 5.91 Å². The molecule has 1 amide bonds. The van der Waals surface area contributed by atoms with Crippen molar-refractivity contribution in [2.75, 3.05) is 32.8 Å². The van der Waals surface area contributed by atoms with E-state index >= 15 is 0 Å². The van der Waals surface area contributed by atoms with Crippen molar-refractivity contribution in [3.05, 3.63) is 15.9 Å². The van der Waals surface area contributed by atoms with Gasteiger partial charge in [-0.15, -0.1) is 0 Å². The van der Waals surface area contributed by atoms with Crippen LogP contribution in [0.3, 0.4) is 0 Å². The summed E-state index contributed by atoms with van der Waals surface area (Å²) in [5.41, 5.74) is 2.18. The van der Waals surface area contributed by atoms with Crippen molar-refractivity contribution in [1.29, 1.82) is 0 Å². The van der Waals surface area contributed by atoms with Gasteiger partial charge in [-0.1, -0.05) is 6.92 Å². The molecule has 1 N–H and O–H groups in total. The number of hydrogen-bond acceptors (Lipinski definition) is 4. The summed E-state index contributed by atoms with van der Waals surface area (Å²) in [7, 11) is 1.94. The molecule has 2 rings (SSSR count). The maximum absolute atomic E-state index is 12.0. The standard InChI is InChI=1S/C14H23BrN4O2/c1-3-11-14(15)12(18(2)17-11)10-16-5-4-13(20)19-6-8-21-9-7-19/h16H,3-10H2,1-2H3. The highest BCUT2D eigenvalue weighted by Crippen LogP contribution is 2.21. The molecule has 7 heteroatoms. The van der Waals surface area contributed by atoms with E-state index in [9.17, 15) is 4.79 Å². The van der Waals surface area contributed by atoms with Crippen molar-refractivity contribution in [2.45, 2.75) is 26.3 Å². The molecule has 6 nitrogen and oxygen atoms in total. The zero-order valence-electron chi connectivity index (χ0n) is 12.7. The number of aromatic nitrogens is 2. The molecule has 1 saturated heterocycles. The minimum absolute atomic E-state index is 0.198.